The summed E-state index contributed by atoms with van der Waals surface area (Å²) in [5, 5.41) is 4.33. The van der Waals surface area contributed by atoms with Crippen LogP contribution in [0.3, 0.4) is 0 Å². The van der Waals surface area contributed by atoms with Gasteiger partial charge < -0.3 is 15.0 Å². The van der Waals surface area contributed by atoms with E-state index in [1.54, 1.807) is 7.11 Å². The van der Waals surface area contributed by atoms with E-state index in [1.807, 2.05) is 6.07 Å². The van der Waals surface area contributed by atoms with Crippen LogP contribution in [0.15, 0.2) is 42.5 Å². The van der Waals surface area contributed by atoms with Crippen LogP contribution in [-0.2, 0) is 16.6 Å². The molecule has 6 rings (SSSR count). The molecule has 2 saturated heterocycles. The third kappa shape index (κ3) is 4.48. The lowest BCUT2D eigenvalue weighted by molar-refractivity contribution is -0.143. The number of piperidine rings is 1. The number of hydrogen-bond donors (Lipinski definition) is 1. The highest BCUT2D eigenvalue weighted by Crippen LogP contribution is 2.50. The lowest BCUT2D eigenvalue weighted by Gasteiger charge is -2.48. The largest absolute Gasteiger partial charge is 0.495 e. The van der Waals surface area contributed by atoms with Crippen molar-refractivity contribution >= 4 is 17.5 Å². The van der Waals surface area contributed by atoms with Crippen molar-refractivity contribution < 1.29 is 9.53 Å². The molecule has 1 amide bonds. The van der Waals surface area contributed by atoms with Crippen LogP contribution >= 0.6 is 11.6 Å². The number of likely N-dealkylation sites (tertiary alicyclic amines) is 1. The third-order valence-electron chi connectivity index (χ3n) is 10.1. The van der Waals surface area contributed by atoms with Crippen LogP contribution in [0, 0.1) is 11.8 Å². The molecule has 4 unspecified atom stereocenters. The standard InChI is InChI=1S/C32H41ClN2O2/c1-37-30-25-13-8-17-32(26(25)14-15-28(30)33)21-34-20-27(32)31(36)35-18-16-24(22-9-4-2-5-10-22)19-29(35)23-11-6-3-7-12-23/h2,4-5,9-10,14-15,23-24,27,29,34H,3,6-8,11-13,16-21H2,1H3. The average Bonchev–Trinajstić information content (AvgIpc) is 3.37. The van der Waals surface area contributed by atoms with Gasteiger partial charge in [-0.1, -0.05) is 67.3 Å². The number of hydrogen-bond acceptors (Lipinski definition) is 3. The van der Waals surface area contributed by atoms with Gasteiger partial charge in [-0.2, -0.15) is 0 Å². The zero-order chi connectivity index (χ0) is 25.4. The van der Waals surface area contributed by atoms with Crippen molar-refractivity contribution in [3.05, 3.63) is 64.2 Å². The molecule has 1 N–H and O–H groups in total. The number of amides is 1. The van der Waals surface area contributed by atoms with Crippen molar-refractivity contribution in [2.24, 2.45) is 11.8 Å². The highest BCUT2D eigenvalue weighted by atomic mass is 35.5. The number of carbonyl (C=O) groups excluding carboxylic acids is 1. The summed E-state index contributed by atoms with van der Waals surface area (Å²) in [6, 6.07) is 15.5. The quantitative estimate of drug-likeness (QED) is 0.500. The van der Waals surface area contributed by atoms with Crippen LogP contribution in [0.4, 0.5) is 0 Å². The number of carbonyl (C=O) groups is 1. The molecule has 2 aliphatic carbocycles. The molecule has 2 aromatic carbocycles. The van der Waals surface area contributed by atoms with Crippen molar-refractivity contribution in [3.63, 3.8) is 0 Å². The first-order chi connectivity index (χ1) is 18.1. The second-order valence-electron chi connectivity index (χ2n) is 11.9. The molecule has 4 aliphatic rings. The maximum atomic E-state index is 14.6. The van der Waals surface area contributed by atoms with Gasteiger partial charge in [0.05, 0.1) is 18.1 Å². The minimum absolute atomic E-state index is 0.0307. The van der Waals surface area contributed by atoms with E-state index in [0.717, 1.165) is 57.5 Å². The Bertz CT molecular complexity index is 1120. The molecule has 0 radical (unpaired) electrons. The molecule has 2 heterocycles. The number of ether oxygens (including phenoxy) is 1. The topological polar surface area (TPSA) is 41.6 Å². The number of nitrogens with one attached hydrogen (secondary N) is 1. The van der Waals surface area contributed by atoms with E-state index in [0.29, 0.717) is 28.8 Å². The highest BCUT2D eigenvalue weighted by Gasteiger charge is 2.53. The van der Waals surface area contributed by atoms with Crippen LogP contribution in [0.1, 0.15) is 80.4 Å². The molecule has 198 valence electrons. The monoisotopic (exact) mass is 520 g/mol. The van der Waals surface area contributed by atoms with E-state index in [1.165, 1.54) is 48.8 Å². The Balaban J connectivity index is 1.32. The number of halogens is 1. The van der Waals surface area contributed by atoms with E-state index in [9.17, 15) is 4.79 Å². The molecule has 2 aliphatic heterocycles. The fraction of sp³-hybridized carbons (Fsp3) is 0.594. The Hall–Kier alpha value is -2.04. The minimum atomic E-state index is -0.171. The minimum Gasteiger partial charge on any atom is -0.495 e. The first-order valence-electron chi connectivity index (χ1n) is 14.5. The van der Waals surface area contributed by atoms with Gasteiger partial charge in [0, 0.05) is 31.1 Å². The Morgan fingerprint density at radius 3 is 2.65 bits per heavy atom. The number of rotatable bonds is 4. The fourth-order valence-corrected chi connectivity index (χ4v) is 8.60. The predicted molar refractivity (Wildman–Crippen MR) is 149 cm³/mol. The molecule has 4 atom stereocenters. The summed E-state index contributed by atoms with van der Waals surface area (Å²) in [6.45, 7) is 2.50. The van der Waals surface area contributed by atoms with Crippen LogP contribution in [-0.4, -0.2) is 43.6 Å². The average molecular weight is 521 g/mol. The van der Waals surface area contributed by atoms with E-state index < -0.39 is 0 Å². The van der Waals surface area contributed by atoms with Crippen molar-refractivity contribution in [2.45, 2.75) is 81.6 Å². The molecular formula is C32H41ClN2O2. The third-order valence-corrected chi connectivity index (χ3v) is 10.4. The second-order valence-corrected chi connectivity index (χ2v) is 12.3. The van der Waals surface area contributed by atoms with Gasteiger partial charge in [-0.3, -0.25) is 4.79 Å². The summed E-state index contributed by atoms with van der Waals surface area (Å²) in [5.41, 5.74) is 3.78. The highest BCUT2D eigenvalue weighted by molar-refractivity contribution is 6.32. The Morgan fingerprint density at radius 2 is 1.86 bits per heavy atom. The SMILES string of the molecule is COc1c(Cl)ccc2c1CCCC21CNCC1C(=O)N1CCC(c2ccccc2)CC1C1CCCCC1. The molecule has 4 nitrogen and oxygen atoms in total. The molecule has 1 saturated carbocycles. The molecular weight excluding hydrogens is 480 g/mol. The zero-order valence-corrected chi connectivity index (χ0v) is 22.9. The van der Waals surface area contributed by atoms with Gasteiger partial charge in [0.2, 0.25) is 5.91 Å². The summed E-state index contributed by atoms with van der Waals surface area (Å²) in [7, 11) is 1.71. The summed E-state index contributed by atoms with van der Waals surface area (Å²) in [6.07, 6.45) is 11.7. The summed E-state index contributed by atoms with van der Waals surface area (Å²) < 4.78 is 5.76. The number of methoxy groups -OCH3 is 1. The normalized spacial score (nSPS) is 30.3. The maximum absolute atomic E-state index is 14.6. The second kappa shape index (κ2) is 10.6. The van der Waals surface area contributed by atoms with Crippen molar-refractivity contribution in [1.29, 1.82) is 0 Å². The van der Waals surface area contributed by atoms with Gasteiger partial charge in [-0.25, -0.2) is 0 Å². The maximum Gasteiger partial charge on any atom is 0.228 e. The number of nitrogens with zero attached hydrogens (tertiary/aromatic N) is 1. The molecule has 2 aromatic rings. The fourth-order valence-electron chi connectivity index (χ4n) is 8.34. The first kappa shape index (κ1) is 25.2. The van der Waals surface area contributed by atoms with Gasteiger partial charge in [0.15, 0.2) is 0 Å². The zero-order valence-electron chi connectivity index (χ0n) is 22.2. The van der Waals surface area contributed by atoms with Gasteiger partial charge >= 0.3 is 0 Å². The molecule has 3 fully saturated rings. The van der Waals surface area contributed by atoms with E-state index in [2.05, 4.69) is 46.6 Å². The van der Waals surface area contributed by atoms with Crippen LogP contribution in [0.5, 0.6) is 5.75 Å². The Labute approximate surface area is 227 Å². The van der Waals surface area contributed by atoms with Gasteiger partial charge in [0.1, 0.15) is 5.75 Å². The predicted octanol–water partition coefficient (Wildman–Crippen LogP) is 6.50. The van der Waals surface area contributed by atoms with E-state index >= 15 is 0 Å². The summed E-state index contributed by atoms with van der Waals surface area (Å²) >= 11 is 6.53. The number of fused-ring (bicyclic) bond motifs is 2. The Morgan fingerprint density at radius 1 is 1.05 bits per heavy atom. The lowest BCUT2D eigenvalue weighted by Crippen LogP contribution is -2.55. The van der Waals surface area contributed by atoms with Crippen LogP contribution in [0.2, 0.25) is 5.02 Å². The van der Waals surface area contributed by atoms with E-state index in [4.69, 9.17) is 16.3 Å². The Kier molecular flexibility index (Phi) is 7.24. The van der Waals surface area contributed by atoms with E-state index in [-0.39, 0.29) is 11.3 Å². The molecule has 5 heteroatoms. The summed E-state index contributed by atoms with van der Waals surface area (Å²) in [4.78, 5) is 17.0. The van der Waals surface area contributed by atoms with Crippen molar-refractivity contribution in [2.75, 3.05) is 26.7 Å². The molecule has 1 spiro atoms. The summed E-state index contributed by atoms with van der Waals surface area (Å²) in [5.74, 6) is 2.34. The lowest BCUT2D eigenvalue weighted by atomic mass is 9.63. The van der Waals surface area contributed by atoms with Gasteiger partial charge in [-0.05, 0) is 79.5 Å². The first-order valence-corrected chi connectivity index (χ1v) is 14.9. The van der Waals surface area contributed by atoms with Crippen molar-refractivity contribution in [1.82, 2.24) is 10.2 Å². The van der Waals surface area contributed by atoms with Gasteiger partial charge in [0.25, 0.3) is 0 Å². The molecule has 0 aromatic heterocycles. The molecule has 0 bridgehead atoms. The van der Waals surface area contributed by atoms with Crippen LogP contribution in [0.25, 0.3) is 0 Å². The van der Waals surface area contributed by atoms with Crippen molar-refractivity contribution in [3.8, 4) is 5.75 Å². The smallest absolute Gasteiger partial charge is 0.228 e. The molecule has 37 heavy (non-hydrogen) atoms. The number of benzene rings is 2. The van der Waals surface area contributed by atoms with Gasteiger partial charge in [-0.15, -0.1) is 0 Å². The van der Waals surface area contributed by atoms with Crippen LogP contribution < -0.4 is 10.1 Å².